The van der Waals surface area contributed by atoms with Gasteiger partial charge in [-0.2, -0.15) is 0 Å². The predicted molar refractivity (Wildman–Crippen MR) is 75.8 cm³/mol. The first-order chi connectivity index (χ1) is 9.85. The zero-order valence-electron chi connectivity index (χ0n) is 11.9. The van der Waals surface area contributed by atoms with Gasteiger partial charge in [0.2, 0.25) is 10.0 Å². The lowest BCUT2D eigenvalue weighted by Crippen LogP contribution is -2.32. The molecule has 1 aromatic carbocycles. The van der Waals surface area contributed by atoms with Crippen LogP contribution in [-0.2, 0) is 19.6 Å². The van der Waals surface area contributed by atoms with E-state index in [1.807, 2.05) is 6.92 Å². The Bertz CT molecular complexity index is 555. The van der Waals surface area contributed by atoms with Gasteiger partial charge in [0.25, 0.3) is 0 Å². The SMILES string of the molecule is CCOC(C)CNS(=O)(=O)c1ccc(OCC(=O)O)cc1. The van der Waals surface area contributed by atoms with Crippen molar-refractivity contribution in [2.24, 2.45) is 0 Å². The van der Waals surface area contributed by atoms with Gasteiger partial charge in [0, 0.05) is 13.2 Å². The molecular weight excluding hydrogens is 298 g/mol. The van der Waals surface area contributed by atoms with Gasteiger partial charge in [-0.25, -0.2) is 17.9 Å². The molecule has 118 valence electrons. The van der Waals surface area contributed by atoms with Crippen LogP contribution >= 0.6 is 0 Å². The van der Waals surface area contributed by atoms with Gasteiger partial charge in [0.15, 0.2) is 6.61 Å². The number of carboxylic acid groups (broad SMARTS) is 1. The summed E-state index contributed by atoms with van der Waals surface area (Å²) in [5.41, 5.74) is 0. The first kappa shape index (κ1) is 17.4. The van der Waals surface area contributed by atoms with Gasteiger partial charge in [0.05, 0.1) is 11.0 Å². The highest BCUT2D eigenvalue weighted by Crippen LogP contribution is 2.15. The van der Waals surface area contributed by atoms with Crippen LogP contribution in [0.1, 0.15) is 13.8 Å². The third-order valence-corrected chi connectivity index (χ3v) is 3.95. The number of aliphatic carboxylic acids is 1. The van der Waals surface area contributed by atoms with E-state index in [0.29, 0.717) is 12.4 Å². The highest BCUT2D eigenvalue weighted by molar-refractivity contribution is 7.89. The molecule has 0 heterocycles. The van der Waals surface area contributed by atoms with Gasteiger partial charge in [-0.3, -0.25) is 0 Å². The highest BCUT2D eigenvalue weighted by Gasteiger charge is 2.15. The molecule has 0 aliphatic carbocycles. The number of benzene rings is 1. The molecule has 8 heteroatoms. The molecule has 0 radical (unpaired) electrons. The molecule has 0 aliphatic heterocycles. The molecule has 0 amide bonds. The second-order valence-corrected chi connectivity index (χ2v) is 6.04. The van der Waals surface area contributed by atoms with Crippen molar-refractivity contribution in [3.63, 3.8) is 0 Å². The summed E-state index contributed by atoms with van der Waals surface area (Å²) in [5, 5.41) is 8.48. The summed E-state index contributed by atoms with van der Waals surface area (Å²) in [5.74, 6) is -0.808. The van der Waals surface area contributed by atoms with Crippen LogP contribution in [-0.4, -0.2) is 45.4 Å². The lowest BCUT2D eigenvalue weighted by Gasteiger charge is -2.13. The first-order valence-electron chi connectivity index (χ1n) is 6.41. The fourth-order valence-corrected chi connectivity index (χ4v) is 2.63. The summed E-state index contributed by atoms with van der Waals surface area (Å²) in [4.78, 5) is 10.4. The normalized spacial score (nSPS) is 12.9. The van der Waals surface area contributed by atoms with Gasteiger partial charge in [-0.1, -0.05) is 0 Å². The number of hydrogen-bond acceptors (Lipinski definition) is 5. The van der Waals surface area contributed by atoms with Crippen molar-refractivity contribution in [1.82, 2.24) is 4.72 Å². The monoisotopic (exact) mass is 317 g/mol. The molecule has 1 aromatic rings. The zero-order valence-corrected chi connectivity index (χ0v) is 12.7. The van der Waals surface area contributed by atoms with E-state index in [9.17, 15) is 13.2 Å². The number of ether oxygens (including phenoxy) is 2. The topological polar surface area (TPSA) is 102 Å². The minimum Gasteiger partial charge on any atom is -0.482 e. The average Bonchev–Trinajstić information content (AvgIpc) is 2.44. The number of sulfonamides is 1. The Hall–Kier alpha value is -1.64. The third kappa shape index (κ3) is 6.11. The van der Waals surface area contributed by atoms with Crippen LogP contribution in [0.15, 0.2) is 29.2 Å². The van der Waals surface area contributed by atoms with E-state index in [1.54, 1.807) is 6.92 Å². The van der Waals surface area contributed by atoms with Crippen molar-refractivity contribution in [3.8, 4) is 5.75 Å². The summed E-state index contributed by atoms with van der Waals surface area (Å²) < 4.78 is 36.6. The Morgan fingerprint density at radius 2 is 1.95 bits per heavy atom. The summed E-state index contributed by atoms with van der Waals surface area (Å²) >= 11 is 0. The molecule has 7 nitrogen and oxygen atoms in total. The molecule has 21 heavy (non-hydrogen) atoms. The maximum Gasteiger partial charge on any atom is 0.341 e. The lowest BCUT2D eigenvalue weighted by molar-refractivity contribution is -0.139. The molecule has 0 fully saturated rings. The molecule has 0 bridgehead atoms. The number of rotatable bonds is 9. The maximum atomic E-state index is 12.0. The van der Waals surface area contributed by atoms with E-state index in [0.717, 1.165) is 0 Å². The third-order valence-electron chi connectivity index (χ3n) is 2.51. The van der Waals surface area contributed by atoms with E-state index in [2.05, 4.69) is 4.72 Å². The van der Waals surface area contributed by atoms with Crippen molar-refractivity contribution in [3.05, 3.63) is 24.3 Å². The number of nitrogens with one attached hydrogen (secondary N) is 1. The van der Waals surface area contributed by atoms with Crippen molar-refractivity contribution in [2.75, 3.05) is 19.8 Å². The van der Waals surface area contributed by atoms with E-state index < -0.39 is 22.6 Å². The van der Waals surface area contributed by atoms with E-state index in [1.165, 1.54) is 24.3 Å². The van der Waals surface area contributed by atoms with Crippen molar-refractivity contribution in [1.29, 1.82) is 0 Å². The summed E-state index contributed by atoms with van der Waals surface area (Å²) in [6.45, 7) is 3.82. The Balaban J connectivity index is 2.64. The molecule has 0 spiro atoms. The molecule has 1 unspecified atom stereocenters. The number of hydrogen-bond donors (Lipinski definition) is 2. The summed E-state index contributed by atoms with van der Waals surface area (Å²) in [7, 11) is -3.62. The minimum atomic E-state index is -3.62. The van der Waals surface area contributed by atoms with Gasteiger partial charge < -0.3 is 14.6 Å². The molecule has 0 saturated carbocycles. The molecular formula is C13H19NO6S. The molecule has 0 saturated heterocycles. The zero-order chi connectivity index (χ0) is 15.9. The quantitative estimate of drug-likeness (QED) is 0.700. The smallest absolute Gasteiger partial charge is 0.341 e. The van der Waals surface area contributed by atoms with Crippen LogP contribution in [0.25, 0.3) is 0 Å². The molecule has 0 aromatic heterocycles. The molecule has 1 rings (SSSR count). The van der Waals surface area contributed by atoms with E-state index in [4.69, 9.17) is 14.6 Å². The largest absolute Gasteiger partial charge is 0.482 e. The first-order valence-corrected chi connectivity index (χ1v) is 7.89. The van der Waals surface area contributed by atoms with Gasteiger partial charge in [-0.15, -0.1) is 0 Å². The van der Waals surface area contributed by atoms with Gasteiger partial charge >= 0.3 is 5.97 Å². The second-order valence-electron chi connectivity index (χ2n) is 4.27. The fourth-order valence-electron chi connectivity index (χ4n) is 1.51. The van der Waals surface area contributed by atoms with Crippen LogP contribution < -0.4 is 9.46 Å². The maximum absolute atomic E-state index is 12.0. The van der Waals surface area contributed by atoms with Crippen LogP contribution in [0.2, 0.25) is 0 Å². The van der Waals surface area contributed by atoms with Crippen LogP contribution in [0.3, 0.4) is 0 Å². The average molecular weight is 317 g/mol. The van der Waals surface area contributed by atoms with Crippen LogP contribution in [0, 0.1) is 0 Å². The van der Waals surface area contributed by atoms with E-state index in [-0.39, 0.29) is 17.5 Å². The second kappa shape index (κ2) is 7.96. The summed E-state index contributed by atoms with van der Waals surface area (Å²) in [6, 6.07) is 5.52. The van der Waals surface area contributed by atoms with Gasteiger partial charge in [0.1, 0.15) is 5.75 Å². The number of carbonyl (C=O) groups is 1. The minimum absolute atomic E-state index is 0.0777. The van der Waals surface area contributed by atoms with E-state index >= 15 is 0 Å². The molecule has 2 N–H and O–H groups in total. The van der Waals surface area contributed by atoms with Crippen molar-refractivity contribution in [2.45, 2.75) is 24.8 Å². The Morgan fingerprint density at radius 1 is 1.33 bits per heavy atom. The standard InChI is InChI=1S/C13H19NO6S/c1-3-19-10(2)8-14-21(17,18)12-6-4-11(5-7-12)20-9-13(15)16/h4-7,10,14H,3,8-9H2,1-2H3,(H,15,16). The molecule has 0 aliphatic rings. The number of carboxylic acids is 1. The Kier molecular flexibility index (Phi) is 6.60. The predicted octanol–water partition coefficient (Wildman–Crippen LogP) is 0.853. The Labute approximate surface area is 123 Å². The molecule has 1 atom stereocenters. The summed E-state index contributed by atoms with van der Waals surface area (Å²) in [6.07, 6.45) is -0.219. The highest BCUT2D eigenvalue weighted by atomic mass is 32.2. The van der Waals surface area contributed by atoms with Crippen LogP contribution in [0.5, 0.6) is 5.75 Å². The van der Waals surface area contributed by atoms with Crippen molar-refractivity contribution < 1.29 is 27.8 Å². The Morgan fingerprint density at radius 3 is 2.48 bits per heavy atom. The fraction of sp³-hybridized carbons (Fsp3) is 0.462. The van der Waals surface area contributed by atoms with Crippen LogP contribution in [0.4, 0.5) is 0 Å². The lowest BCUT2D eigenvalue weighted by atomic mass is 10.3. The van der Waals surface area contributed by atoms with Gasteiger partial charge in [-0.05, 0) is 38.1 Å². The van der Waals surface area contributed by atoms with Crippen molar-refractivity contribution >= 4 is 16.0 Å².